The second-order valence-corrected chi connectivity index (χ2v) is 6.18. The third-order valence-electron chi connectivity index (χ3n) is 3.97. The van der Waals surface area contributed by atoms with Crippen molar-refractivity contribution in [1.82, 2.24) is 0 Å². The van der Waals surface area contributed by atoms with E-state index in [0.29, 0.717) is 11.4 Å². The lowest BCUT2D eigenvalue weighted by molar-refractivity contribution is 0.0377. The third-order valence-corrected chi connectivity index (χ3v) is 3.97. The summed E-state index contributed by atoms with van der Waals surface area (Å²) in [7, 11) is 0. The highest BCUT2D eigenvalue weighted by Gasteiger charge is 2.18. The Morgan fingerprint density at radius 1 is 0.500 bits per heavy atom. The van der Waals surface area contributed by atoms with Crippen LogP contribution >= 0.6 is 0 Å². The van der Waals surface area contributed by atoms with Crippen LogP contribution in [-0.4, -0.2) is 23.9 Å². The molecule has 0 aliphatic heterocycles. The van der Waals surface area contributed by atoms with E-state index in [4.69, 9.17) is 20.9 Å². The molecule has 4 N–H and O–H groups in total. The SMILES string of the molecule is Nc1cccc(C(=O)OC(=O)c2ccc(C(=O)OC(=O)c3cccc(N)c3)cc2)c1. The van der Waals surface area contributed by atoms with E-state index in [2.05, 4.69) is 0 Å². The maximum atomic E-state index is 12.1. The molecule has 0 amide bonds. The fourth-order valence-electron chi connectivity index (χ4n) is 2.48. The first kappa shape index (κ1) is 20.3. The van der Waals surface area contributed by atoms with Gasteiger partial charge in [-0.3, -0.25) is 0 Å². The Balaban J connectivity index is 1.63. The van der Waals surface area contributed by atoms with E-state index in [-0.39, 0.29) is 22.3 Å². The number of benzene rings is 3. The second kappa shape index (κ2) is 8.70. The van der Waals surface area contributed by atoms with Crippen LogP contribution < -0.4 is 11.5 Å². The molecule has 3 aromatic rings. The zero-order valence-electron chi connectivity index (χ0n) is 15.5. The topological polar surface area (TPSA) is 139 Å². The summed E-state index contributed by atoms with van der Waals surface area (Å²) in [4.78, 5) is 48.3. The molecule has 0 saturated heterocycles. The largest absolute Gasteiger partial charge is 0.399 e. The first-order valence-electron chi connectivity index (χ1n) is 8.67. The van der Waals surface area contributed by atoms with Gasteiger partial charge in [0.25, 0.3) is 0 Å². The van der Waals surface area contributed by atoms with E-state index in [1.165, 1.54) is 48.5 Å². The van der Waals surface area contributed by atoms with Crippen molar-refractivity contribution in [2.45, 2.75) is 0 Å². The highest BCUT2D eigenvalue weighted by molar-refractivity contribution is 6.05. The van der Waals surface area contributed by atoms with Crippen LogP contribution in [0.25, 0.3) is 0 Å². The van der Waals surface area contributed by atoms with E-state index in [1.54, 1.807) is 24.3 Å². The van der Waals surface area contributed by atoms with Gasteiger partial charge in [-0.25, -0.2) is 19.2 Å². The smallest absolute Gasteiger partial charge is 0.346 e. The van der Waals surface area contributed by atoms with Gasteiger partial charge >= 0.3 is 23.9 Å². The molecule has 0 saturated carbocycles. The van der Waals surface area contributed by atoms with Gasteiger partial charge in [-0.1, -0.05) is 12.1 Å². The van der Waals surface area contributed by atoms with Gasteiger partial charge in [-0.2, -0.15) is 0 Å². The van der Waals surface area contributed by atoms with Crippen molar-refractivity contribution >= 4 is 35.3 Å². The molecule has 0 aliphatic rings. The summed E-state index contributed by atoms with van der Waals surface area (Å²) < 4.78 is 9.59. The van der Waals surface area contributed by atoms with E-state index in [0.717, 1.165) is 0 Å². The Kier molecular flexibility index (Phi) is 5.88. The number of carbonyl (C=O) groups excluding carboxylic acids is 4. The number of nitrogen functional groups attached to an aromatic ring is 2. The van der Waals surface area contributed by atoms with E-state index in [9.17, 15) is 19.2 Å². The highest BCUT2D eigenvalue weighted by Crippen LogP contribution is 2.13. The number of carbonyl (C=O) groups is 4. The molecule has 30 heavy (non-hydrogen) atoms. The average molecular weight is 404 g/mol. The summed E-state index contributed by atoms with van der Waals surface area (Å²) in [5.74, 6) is -3.52. The predicted molar refractivity (Wildman–Crippen MR) is 108 cm³/mol. The van der Waals surface area contributed by atoms with Crippen LogP contribution in [0.4, 0.5) is 11.4 Å². The molecule has 0 spiro atoms. The molecule has 0 aromatic heterocycles. The molecular weight excluding hydrogens is 388 g/mol. The Hall–Kier alpha value is -4.46. The molecule has 0 aliphatic carbocycles. The van der Waals surface area contributed by atoms with Gasteiger partial charge in [0.15, 0.2) is 0 Å². The lowest BCUT2D eigenvalue weighted by Crippen LogP contribution is -2.15. The maximum absolute atomic E-state index is 12.1. The molecule has 0 fully saturated rings. The summed E-state index contributed by atoms with van der Waals surface area (Å²) in [5, 5.41) is 0. The molecule has 3 aromatic carbocycles. The van der Waals surface area contributed by atoms with Crippen molar-refractivity contribution in [1.29, 1.82) is 0 Å². The molecule has 0 atom stereocenters. The number of ether oxygens (including phenoxy) is 2. The van der Waals surface area contributed by atoms with Gasteiger partial charge < -0.3 is 20.9 Å². The number of hydrogen-bond acceptors (Lipinski definition) is 8. The molecular formula is C22H16N2O6. The molecule has 3 rings (SSSR count). The van der Waals surface area contributed by atoms with Crippen LogP contribution in [0.15, 0.2) is 72.8 Å². The third kappa shape index (κ3) is 4.87. The van der Waals surface area contributed by atoms with Crippen LogP contribution in [-0.2, 0) is 9.47 Å². The fourth-order valence-corrected chi connectivity index (χ4v) is 2.48. The lowest BCUT2D eigenvalue weighted by atomic mass is 10.1. The summed E-state index contributed by atoms with van der Waals surface area (Å²) in [6.07, 6.45) is 0. The second-order valence-electron chi connectivity index (χ2n) is 6.18. The van der Waals surface area contributed by atoms with E-state index < -0.39 is 23.9 Å². The first-order chi connectivity index (χ1) is 14.3. The van der Waals surface area contributed by atoms with Crippen LogP contribution in [0, 0.1) is 0 Å². The van der Waals surface area contributed by atoms with Gasteiger partial charge in [0.1, 0.15) is 0 Å². The van der Waals surface area contributed by atoms with Crippen molar-refractivity contribution in [2.24, 2.45) is 0 Å². The number of nitrogens with two attached hydrogens (primary N) is 2. The predicted octanol–water partition coefficient (Wildman–Crippen LogP) is 2.85. The standard InChI is InChI=1S/C22H16N2O6/c23-17-5-1-3-15(11-17)21(27)29-19(25)13-7-9-14(10-8-13)20(26)30-22(28)16-4-2-6-18(24)12-16/h1-12H,23-24H2. The van der Waals surface area contributed by atoms with Crippen LogP contribution in [0.3, 0.4) is 0 Å². The van der Waals surface area contributed by atoms with Crippen LogP contribution in [0.1, 0.15) is 41.4 Å². The summed E-state index contributed by atoms with van der Waals surface area (Å²) in [6, 6.07) is 17.1. The summed E-state index contributed by atoms with van der Waals surface area (Å²) in [6.45, 7) is 0. The molecule has 8 nitrogen and oxygen atoms in total. The summed E-state index contributed by atoms with van der Waals surface area (Å²) >= 11 is 0. The highest BCUT2D eigenvalue weighted by atomic mass is 16.6. The maximum Gasteiger partial charge on any atom is 0.346 e. The Bertz CT molecular complexity index is 1050. The number of esters is 4. The van der Waals surface area contributed by atoms with Crippen molar-refractivity contribution in [3.63, 3.8) is 0 Å². The fraction of sp³-hybridized carbons (Fsp3) is 0. The van der Waals surface area contributed by atoms with Crippen molar-refractivity contribution in [3.05, 3.63) is 95.1 Å². The number of rotatable bonds is 4. The van der Waals surface area contributed by atoms with Gasteiger partial charge in [-0.05, 0) is 60.7 Å². The minimum atomic E-state index is -0.904. The van der Waals surface area contributed by atoms with Gasteiger partial charge in [0.05, 0.1) is 22.3 Å². The minimum absolute atomic E-state index is 0.0333. The number of anilines is 2. The number of hydrogen-bond donors (Lipinski definition) is 2. The van der Waals surface area contributed by atoms with Crippen molar-refractivity contribution in [3.8, 4) is 0 Å². The zero-order valence-corrected chi connectivity index (χ0v) is 15.5. The molecule has 0 unspecified atom stereocenters. The lowest BCUT2D eigenvalue weighted by Gasteiger charge is -2.06. The van der Waals surface area contributed by atoms with Crippen molar-refractivity contribution in [2.75, 3.05) is 11.5 Å². The van der Waals surface area contributed by atoms with E-state index >= 15 is 0 Å². The average Bonchev–Trinajstić information content (AvgIpc) is 2.73. The van der Waals surface area contributed by atoms with Gasteiger partial charge in [0, 0.05) is 11.4 Å². The van der Waals surface area contributed by atoms with E-state index in [1.807, 2.05) is 0 Å². The monoisotopic (exact) mass is 404 g/mol. The zero-order chi connectivity index (χ0) is 21.7. The first-order valence-corrected chi connectivity index (χ1v) is 8.67. The molecule has 150 valence electrons. The minimum Gasteiger partial charge on any atom is -0.399 e. The quantitative estimate of drug-likeness (QED) is 0.384. The Labute approximate surface area is 171 Å². The van der Waals surface area contributed by atoms with Gasteiger partial charge in [0.2, 0.25) is 0 Å². The van der Waals surface area contributed by atoms with Crippen LogP contribution in [0.2, 0.25) is 0 Å². The summed E-state index contributed by atoms with van der Waals surface area (Å²) in [5.41, 5.74) is 12.2. The molecule has 0 heterocycles. The van der Waals surface area contributed by atoms with Gasteiger partial charge in [-0.15, -0.1) is 0 Å². The Morgan fingerprint density at radius 3 is 1.17 bits per heavy atom. The molecule has 8 heteroatoms. The molecule has 0 radical (unpaired) electrons. The normalized spacial score (nSPS) is 10.1. The molecule has 0 bridgehead atoms. The van der Waals surface area contributed by atoms with Crippen molar-refractivity contribution < 1.29 is 28.7 Å². The Morgan fingerprint density at radius 2 is 0.833 bits per heavy atom. The van der Waals surface area contributed by atoms with Crippen LogP contribution in [0.5, 0.6) is 0 Å².